The molecule has 0 spiro atoms. The van der Waals surface area contributed by atoms with E-state index < -0.39 is 162 Å². The van der Waals surface area contributed by atoms with Gasteiger partial charge in [0.15, 0.2) is 24.8 Å². The van der Waals surface area contributed by atoms with Crippen molar-refractivity contribution in [3.05, 3.63) is 24.3 Å². The van der Waals surface area contributed by atoms with Gasteiger partial charge in [0.25, 0.3) is 0 Å². The van der Waals surface area contributed by atoms with Crippen LogP contribution in [0.15, 0.2) is 24.3 Å². The number of unbranched alkanes of at least 4 members (excludes halogenated alkanes) is 42. The number of hydrogen-bond donors (Lipinski definition) is 10. The summed E-state index contributed by atoms with van der Waals surface area (Å²) in [6.07, 6.45) is 26.2. The van der Waals surface area contributed by atoms with Gasteiger partial charge in [-0.05, 0) is 83.0 Å². The fourth-order valence-corrected chi connectivity index (χ4v) is 16.3. The maximum atomic E-state index is 14.9. The van der Waals surface area contributed by atoms with E-state index in [0.29, 0.717) is 44.4 Å². The highest BCUT2D eigenvalue weighted by Crippen LogP contribution is 2.49. The topological polar surface area (TPSA) is 380 Å². The van der Waals surface area contributed by atoms with Gasteiger partial charge in [0.05, 0.1) is 13.2 Å². The average molecular weight is 1680 g/mol. The van der Waals surface area contributed by atoms with Crippen molar-refractivity contribution >= 4 is 31.7 Å². The predicted molar refractivity (Wildman–Crippen MR) is 449 cm³/mol. The number of aliphatic hydroxyl groups excluding tert-OH is 9. The Morgan fingerprint density at radius 1 is 0.362 bits per heavy atom. The molecule has 2 aliphatic heterocycles. The van der Waals surface area contributed by atoms with Crippen molar-refractivity contribution in [2.75, 3.05) is 26.4 Å². The fourth-order valence-electron chi connectivity index (χ4n) is 15.3. The van der Waals surface area contributed by atoms with Crippen molar-refractivity contribution in [1.82, 2.24) is 0 Å². The van der Waals surface area contributed by atoms with Crippen LogP contribution >= 0.6 is 7.82 Å². The summed E-state index contributed by atoms with van der Waals surface area (Å²) in [6, 6.07) is 0. The van der Waals surface area contributed by atoms with Crippen LogP contribution in [0.1, 0.15) is 388 Å². The zero-order valence-corrected chi connectivity index (χ0v) is 73.4. The number of carbonyl (C=O) groups is 4. The molecule has 0 amide bonds. The molecule has 0 radical (unpaired) electrons. The van der Waals surface area contributed by atoms with E-state index in [1.54, 1.807) is 0 Å². The van der Waals surface area contributed by atoms with E-state index in [0.717, 1.165) is 135 Å². The molecule has 3 aliphatic rings. The van der Waals surface area contributed by atoms with Crippen molar-refractivity contribution in [3.63, 3.8) is 0 Å². The van der Waals surface area contributed by atoms with E-state index in [4.69, 9.17) is 46.9 Å². The second kappa shape index (κ2) is 68.4. The lowest BCUT2D eigenvalue weighted by Gasteiger charge is -2.50. The average Bonchev–Trinajstić information content (AvgIpc) is 0.755. The first kappa shape index (κ1) is 107. The third-order valence-corrected chi connectivity index (χ3v) is 23.8. The van der Waals surface area contributed by atoms with Crippen molar-refractivity contribution < 1.29 is 122 Å². The summed E-state index contributed by atoms with van der Waals surface area (Å²) >= 11 is 0. The first-order valence-electron chi connectivity index (χ1n) is 46.5. The molecule has 3 rings (SSSR count). The second-order valence-electron chi connectivity index (χ2n) is 33.4. The number of hydrogen-bond acceptors (Lipinski definition) is 24. The summed E-state index contributed by atoms with van der Waals surface area (Å²) < 4.78 is 73.4. The number of aliphatic hydroxyl groups is 9. The standard InChI is InChI=1S/C90H165O25P/c1-6-10-14-18-22-25-28-31-32-35-38-40-43-51-57-63-75(94)109-70(66-106-73(92)61-55-49-42-39-36-33-29-26-23-19-15-11-7-2)67-108-116(104,105)115-88-86(113-89-83(102)79(98)77(96)71(65-91)110-89)82(101)81(100)85(112-76(95)64-58-52-44-41-37-34-30-27-24-20-16-12-8-3)87(88)114-90-84(103)80(99)78(97)72(111-90)68-107-74(93)62-56-50-46-45-48-54-60-69(5)59-53-47-21-17-13-9-4/h25,28,34,37,69-72,77-91,96-103H,6-24,26-27,29-33,35-36,38-68H2,1-5H3,(H,104,105)/b28-25-,37-34-. The van der Waals surface area contributed by atoms with Crippen LogP contribution in [0.4, 0.5) is 0 Å². The molecule has 0 bridgehead atoms. The smallest absolute Gasteiger partial charge is 0.463 e. The Balaban J connectivity index is 1.93. The number of carbonyl (C=O) groups excluding carboxylic acids is 4. The lowest BCUT2D eigenvalue weighted by atomic mass is 9.84. The van der Waals surface area contributed by atoms with Crippen LogP contribution in [0, 0.1) is 5.92 Å². The Hall–Kier alpha value is -3.05. The summed E-state index contributed by atoms with van der Waals surface area (Å²) in [5.74, 6) is -2.30. The summed E-state index contributed by atoms with van der Waals surface area (Å²) in [7, 11) is -5.81. The van der Waals surface area contributed by atoms with Gasteiger partial charge < -0.3 is 88.7 Å². The summed E-state index contributed by atoms with van der Waals surface area (Å²) in [5.41, 5.74) is 0. The number of ether oxygens (including phenoxy) is 8. The highest BCUT2D eigenvalue weighted by atomic mass is 31.2. The largest absolute Gasteiger partial charge is 0.472 e. The Bertz CT molecular complexity index is 2530. The quantitative estimate of drug-likeness (QED) is 0.00889. The first-order valence-corrected chi connectivity index (χ1v) is 48.0. The van der Waals surface area contributed by atoms with E-state index in [9.17, 15) is 74.6 Å². The highest BCUT2D eigenvalue weighted by Gasteiger charge is 2.60. The molecule has 3 fully saturated rings. The third-order valence-electron chi connectivity index (χ3n) is 22.8. The van der Waals surface area contributed by atoms with Crippen LogP contribution in [-0.2, 0) is 70.7 Å². The highest BCUT2D eigenvalue weighted by molar-refractivity contribution is 7.47. The Morgan fingerprint density at radius 2 is 0.698 bits per heavy atom. The minimum Gasteiger partial charge on any atom is -0.463 e. The number of phosphoric acid groups is 1. The zero-order valence-electron chi connectivity index (χ0n) is 72.5. The Labute approximate surface area is 698 Å². The monoisotopic (exact) mass is 1680 g/mol. The molecule has 2 saturated heterocycles. The number of phosphoric ester groups is 1. The van der Waals surface area contributed by atoms with E-state index >= 15 is 0 Å². The van der Waals surface area contributed by atoms with Crippen molar-refractivity contribution in [2.45, 2.75) is 492 Å². The maximum absolute atomic E-state index is 14.9. The molecule has 1 saturated carbocycles. The molecule has 0 aromatic rings. The Kier molecular flexibility index (Phi) is 63.2. The van der Waals surface area contributed by atoms with Gasteiger partial charge in [-0.25, -0.2) is 4.57 Å². The maximum Gasteiger partial charge on any atom is 0.472 e. The number of allylic oxidation sites excluding steroid dienone is 4. The summed E-state index contributed by atoms with van der Waals surface area (Å²) in [5, 5.41) is 102. The number of esters is 4. The van der Waals surface area contributed by atoms with Gasteiger partial charge in [0.2, 0.25) is 0 Å². The van der Waals surface area contributed by atoms with Gasteiger partial charge in [-0.2, -0.15) is 0 Å². The van der Waals surface area contributed by atoms with Gasteiger partial charge in [0.1, 0.15) is 92.6 Å². The van der Waals surface area contributed by atoms with Crippen molar-refractivity contribution in [1.29, 1.82) is 0 Å². The molecule has 0 aromatic heterocycles. The molecule has 26 heteroatoms. The van der Waals surface area contributed by atoms with Gasteiger partial charge in [-0.3, -0.25) is 28.2 Å². The van der Waals surface area contributed by atoms with Crippen LogP contribution in [0.5, 0.6) is 0 Å². The molecule has 25 nitrogen and oxygen atoms in total. The molecular weight excluding hydrogens is 1510 g/mol. The van der Waals surface area contributed by atoms with E-state index in [1.807, 2.05) is 0 Å². The lowest BCUT2D eigenvalue weighted by molar-refractivity contribution is -0.360. The van der Waals surface area contributed by atoms with Gasteiger partial charge in [-0.15, -0.1) is 0 Å². The lowest BCUT2D eigenvalue weighted by Crippen LogP contribution is -2.70. The molecule has 1 aliphatic carbocycles. The van der Waals surface area contributed by atoms with E-state index in [2.05, 4.69) is 58.9 Å². The van der Waals surface area contributed by atoms with Gasteiger partial charge in [0, 0.05) is 25.7 Å². The van der Waals surface area contributed by atoms with Crippen molar-refractivity contribution in [3.8, 4) is 0 Å². The first-order chi connectivity index (χ1) is 56.1. The Morgan fingerprint density at radius 3 is 1.13 bits per heavy atom. The second-order valence-corrected chi connectivity index (χ2v) is 34.8. The molecular formula is C90H165O25P. The van der Waals surface area contributed by atoms with Crippen LogP contribution in [0.2, 0.25) is 0 Å². The molecule has 19 atom stereocenters. The molecule has 10 N–H and O–H groups in total. The van der Waals surface area contributed by atoms with Crippen LogP contribution in [0.25, 0.3) is 0 Å². The van der Waals surface area contributed by atoms with Gasteiger partial charge >= 0.3 is 31.7 Å². The van der Waals surface area contributed by atoms with Crippen LogP contribution in [-0.4, -0.2) is 205 Å². The third kappa shape index (κ3) is 48.7. The van der Waals surface area contributed by atoms with E-state index in [1.165, 1.54) is 148 Å². The predicted octanol–water partition coefficient (Wildman–Crippen LogP) is 16.8. The van der Waals surface area contributed by atoms with E-state index in [-0.39, 0.29) is 32.1 Å². The SMILES string of the molecule is CCCCCC/C=C\CCCCCCCCCC(=O)OC(COC(=O)CCCCCCCCCCCCCCC)COP(=O)(O)OC1C(OC2OC(CO)C(O)C(O)C2O)C(O)C(O)C(OC(=O)CCCCC/C=C\CCCCCCCC)C1OC1OC(COC(=O)CCCCCCCCC(C)CCCCCCCC)C(O)C(O)C1O. The van der Waals surface area contributed by atoms with Crippen LogP contribution < -0.4 is 0 Å². The summed E-state index contributed by atoms with van der Waals surface area (Å²) in [6.45, 7) is 7.88. The molecule has 2 heterocycles. The minimum absolute atomic E-state index is 0.0130. The normalized spacial score (nSPS) is 25.5. The molecule has 116 heavy (non-hydrogen) atoms. The number of rotatable bonds is 74. The zero-order chi connectivity index (χ0) is 84.8. The van der Waals surface area contributed by atoms with Crippen LogP contribution in [0.3, 0.4) is 0 Å². The minimum atomic E-state index is -5.81. The van der Waals surface area contributed by atoms with Crippen molar-refractivity contribution in [2.24, 2.45) is 5.92 Å². The molecule has 680 valence electrons. The molecule has 19 unspecified atom stereocenters. The fraction of sp³-hybridized carbons (Fsp3) is 0.911. The van der Waals surface area contributed by atoms with Gasteiger partial charge in [-0.1, -0.05) is 309 Å². The summed E-state index contributed by atoms with van der Waals surface area (Å²) in [4.78, 5) is 66.4. The molecule has 0 aromatic carbocycles.